The lowest BCUT2D eigenvalue weighted by Crippen LogP contribution is -2.30. The minimum Gasteiger partial charge on any atom is -0.391 e. The number of aliphatic hydroxyl groups excluding tert-OH is 1. The van der Waals surface area contributed by atoms with Gasteiger partial charge in [-0.1, -0.05) is 11.6 Å². The van der Waals surface area contributed by atoms with Gasteiger partial charge in [-0.05, 0) is 48.7 Å². The number of nitrogens with two attached hydrogens (primary N) is 1. The number of carbonyl (C=O) groups is 2. The van der Waals surface area contributed by atoms with Crippen molar-refractivity contribution in [1.29, 1.82) is 0 Å². The van der Waals surface area contributed by atoms with Crippen LogP contribution >= 0.6 is 22.9 Å². The largest absolute Gasteiger partial charge is 0.391 e. The first kappa shape index (κ1) is 19.7. The summed E-state index contributed by atoms with van der Waals surface area (Å²) >= 11 is 7.06. The van der Waals surface area contributed by atoms with Crippen LogP contribution in [0.15, 0.2) is 30.3 Å². The normalized spacial score (nSPS) is 14.6. The minimum absolute atomic E-state index is 0.0494. The number of benzene rings is 1. The van der Waals surface area contributed by atoms with E-state index in [0.717, 1.165) is 35.6 Å². The molecule has 4 N–H and O–H groups in total. The zero-order valence-corrected chi connectivity index (χ0v) is 16.5. The van der Waals surface area contributed by atoms with Crippen molar-refractivity contribution in [2.75, 3.05) is 16.8 Å². The van der Waals surface area contributed by atoms with Gasteiger partial charge in [-0.2, -0.15) is 0 Å². The maximum atomic E-state index is 11.8. The monoisotopic (exact) mass is 407 g/mol. The van der Waals surface area contributed by atoms with Gasteiger partial charge >= 0.3 is 0 Å². The van der Waals surface area contributed by atoms with Crippen LogP contribution in [0.3, 0.4) is 0 Å². The Kier molecular flexibility index (Phi) is 6.04. The number of aliphatic hydroxyl groups is 1. The second kappa shape index (κ2) is 8.29. The van der Waals surface area contributed by atoms with E-state index in [-0.39, 0.29) is 12.3 Å². The fourth-order valence-electron chi connectivity index (χ4n) is 3.04. The number of anilines is 2. The maximum Gasteiger partial charge on any atom is 0.259 e. The first-order valence-electron chi connectivity index (χ1n) is 8.75. The number of nitrogens with one attached hydrogen (secondary N) is 1. The number of hydrogen-bond donors (Lipinski definition) is 3. The summed E-state index contributed by atoms with van der Waals surface area (Å²) < 4.78 is 0.472. The van der Waals surface area contributed by atoms with Crippen LogP contribution in [-0.2, 0) is 11.2 Å². The van der Waals surface area contributed by atoms with Crippen molar-refractivity contribution < 1.29 is 14.7 Å². The molecular formula is C19H22ClN3O3S. The van der Waals surface area contributed by atoms with Crippen LogP contribution in [0.1, 0.15) is 35.0 Å². The van der Waals surface area contributed by atoms with Crippen molar-refractivity contribution in [3.63, 3.8) is 0 Å². The molecule has 6 nitrogen and oxygen atoms in total. The first-order chi connectivity index (χ1) is 12.8. The molecule has 1 atom stereocenters. The molecule has 1 aromatic heterocycles. The van der Waals surface area contributed by atoms with Crippen LogP contribution < -0.4 is 16.0 Å². The van der Waals surface area contributed by atoms with Gasteiger partial charge in [0, 0.05) is 37.3 Å². The van der Waals surface area contributed by atoms with Gasteiger partial charge in [-0.25, -0.2) is 0 Å². The second-order valence-corrected chi connectivity index (χ2v) is 8.36. The summed E-state index contributed by atoms with van der Waals surface area (Å²) in [6, 6.07) is 9.56. The van der Waals surface area contributed by atoms with Gasteiger partial charge in [0.25, 0.3) is 5.91 Å². The molecule has 1 heterocycles. The molecule has 0 aliphatic heterocycles. The average Bonchev–Trinajstić information content (AvgIpc) is 3.36. The van der Waals surface area contributed by atoms with Crippen LogP contribution in [-0.4, -0.2) is 35.6 Å². The van der Waals surface area contributed by atoms with Crippen LogP contribution in [0.4, 0.5) is 11.4 Å². The lowest BCUT2D eigenvalue weighted by molar-refractivity contribution is -0.116. The number of primary amides is 1. The zero-order chi connectivity index (χ0) is 19.6. The number of amides is 2. The Morgan fingerprint density at radius 3 is 2.59 bits per heavy atom. The van der Waals surface area contributed by atoms with Gasteiger partial charge in [-0.3, -0.25) is 9.59 Å². The van der Waals surface area contributed by atoms with Crippen molar-refractivity contribution >= 4 is 46.1 Å². The molecule has 1 fully saturated rings. The zero-order valence-electron chi connectivity index (χ0n) is 14.9. The van der Waals surface area contributed by atoms with E-state index >= 15 is 0 Å². The Labute approximate surface area is 166 Å². The van der Waals surface area contributed by atoms with Gasteiger partial charge < -0.3 is 21.1 Å². The topological polar surface area (TPSA) is 95.7 Å². The third-order valence-electron chi connectivity index (χ3n) is 4.40. The molecule has 0 spiro atoms. The molecule has 144 valence electrons. The van der Waals surface area contributed by atoms with Crippen molar-refractivity contribution in [1.82, 2.24) is 0 Å². The SMILES string of the molecule is CC(=O)N(c1ccc(NCC(O)Cc2cc(Cl)sc2C(N)=O)cc1)C1CC1. The molecule has 1 aliphatic rings. The predicted molar refractivity (Wildman–Crippen MR) is 109 cm³/mol. The molecular weight excluding hydrogens is 386 g/mol. The quantitative estimate of drug-likeness (QED) is 0.626. The van der Waals surface area contributed by atoms with E-state index in [1.165, 1.54) is 0 Å². The molecule has 2 amide bonds. The molecule has 3 rings (SSSR count). The number of nitrogens with zero attached hydrogens (tertiary/aromatic N) is 1. The van der Waals surface area contributed by atoms with E-state index in [2.05, 4.69) is 5.32 Å². The fraction of sp³-hybridized carbons (Fsp3) is 0.368. The molecule has 2 aromatic rings. The highest BCUT2D eigenvalue weighted by atomic mass is 35.5. The van der Waals surface area contributed by atoms with Gasteiger partial charge in [0.1, 0.15) is 0 Å². The number of rotatable bonds is 8. The van der Waals surface area contributed by atoms with E-state index in [1.54, 1.807) is 13.0 Å². The molecule has 0 radical (unpaired) electrons. The standard InChI is InChI=1S/C19H22ClN3O3S/c1-11(24)23(15-6-7-15)14-4-2-13(3-5-14)22-10-16(25)8-12-9-17(20)27-18(12)19(21)26/h2-5,9,15-16,22,25H,6-8,10H2,1H3,(H2,21,26). The molecule has 1 unspecified atom stereocenters. The van der Waals surface area contributed by atoms with E-state index < -0.39 is 12.0 Å². The summed E-state index contributed by atoms with van der Waals surface area (Å²) in [5.74, 6) is -0.489. The Hall–Kier alpha value is -2.09. The lowest BCUT2D eigenvalue weighted by Gasteiger charge is -2.21. The summed E-state index contributed by atoms with van der Waals surface area (Å²) in [5, 5.41) is 13.4. The summed E-state index contributed by atoms with van der Waals surface area (Å²) in [5.41, 5.74) is 7.73. The molecule has 1 aliphatic carbocycles. The molecule has 1 saturated carbocycles. The molecule has 0 saturated heterocycles. The van der Waals surface area contributed by atoms with Gasteiger partial charge in [0.15, 0.2) is 0 Å². The van der Waals surface area contributed by atoms with Gasteiger partial charge in [-0.15, -0.1) is 11.3 Å². The Morgan fingerprint density at radius 2 is 2.04 bits per heavy atom. The average molecular weight is 408 g/mol. The van der Waals surface area contributed by atoms with Crippen molar-refractivity contribution in [2.45, 2.75) is 38.3 Å². The Morgan fingerprint density at radius 1 is 1.37 bits per heavy atom. The van der Waals surface area contributed by atoms with Crippen molar-refractivity contribution in [3.8, 4) is 0 Å². The highest BCUT2D eigenvalue weighted by Crippen LogP contribution is 2.32. The van der Waals surface area contributed by atoms with Crippen LogP contribution in [0, 0.1) is 0 Å². The van der Waals surface area contributed by atoms with Gasteiger partial charge in [0.05, 0.1) is 15.3 Å². The summed E-state index contributed by atoms with van der Waals surface area (Å²) in [6.07, 6.45) is 1.68. The highest BCUT2D eigenvalue weighted by molar-refractivity contribution is 7.18. The fourth-order valence-corrected chi connectivity index (χ4v) is 4.17. The van der Waals surface area contributed by atoms with Crippen molar-refractivity contribution in [2.24, 2.45) is 5.73 Å². The van der Waals surface area contributed by atoms with Gasteiger partial charge in [0.2, 0.25) is 5.91 Å². The third-order valence-corrected chi connectivity index (χ3v) is 5.72. The van der Waals surface area contributed by atoms with E-state index in [9.17, 15) is 14.7 Å². The lowest BCUT2D eigenvalue weighted by atomic mass is 10.1. The number of hydrogen-bond acceptors (Lipinski definition) is 5. The second-order valence-electron chi connectivity index (χ2n) is 6.68. The minimum atomic E-state index is -0.700. The number of thiophene rings is 1. The molecule has 8 heteroatoms. The number of halogens is 1. The van der Waals surface area contributed by atoms with Crippen LogP contribution in [0.2, 0.25) is 4.34 Å². The van der Waals surface area contributed by atoms with E-state index in [4.69, 9.17) is 17.3 Å². The maximum absolute atomic E-state index is 11.8. The van der Waals surface area contributed by atoms with E-state index in [1.807, 2.05) is 29.2 Å². The van der Waals surface area contributed by atoms with Crippen molar-refractivity contribution in [3.05, 3.63) is 45.1 Å². The molecule has 27 heavy (non-hydrogen) atoms. The van der Waals surface area contributed by atoms with Crippen LogP contribution in [0.25, 0.3) is 0 Å². The third kappa shape index (κ3) is 5.00. The Bertz CT molecular complexity index is 833. The highest BCUT2D eigenvalue weighted by Gasteiger charge is 2.31. The first-order valence-corrected chi connectivity index (χ1v) is 9.94. The summed E-state index contributed by atoms with van der Waals surface area (Å²) in [6.45, 7) is 1.89. The predicted octanol–water partition coefficient (Wildman–Crippen LogP) is 3.03. The summed E-state index contributed by atoms with van der Waals surface area (Å²) in [4.78, 5) is 25.5. The molecule has 0 bridgehead atoms. The van der Waals surface area contributed by atoms with E-state index in [0.29, 0.717) is 27.4 Å². The number of carbonyl (C=O) groups excluding carboxylic acids is 2. The van der Waals surface area contributed by atoms with Crippen LogP contribution in [0.5, 0.6) is 0 Å². The Balaban J connectivity index is 1.57. The smallest absolute Gasteiger partial charge is 0.259 e. The summed E-state index contributed by atoms with van der Waals surface area (Å²) in [7, 11) is 0. The molecule has 1 aromatic carbocycles.